The van der Waals surface area contributed by atoms with Crippen LogP contribution in [-0.2, 0) is 14.3 Å². The lowest BCUT2D eigenvalue weighted by Gasteiger charge is -2.26. The van der Waals surface area contributed by atoms with E-state index in [1.54, 1.807) is 12.3 Å². The highest BCUT2D eigenvalue weighted by atomic mass is 16.5. The number of allylic oxidation sites excluding steroid dienone is 2. The number of rotatable bonds is 8. The maximum Gasteiger partial charge on any atom is 0.308 e. The Bertz CT molecular complexity index is 707. The maximum atomic E-state index is 11.3. The molecule has 1 aromatic rings. The molecule has 0 amide bonds. The van der Waals surface area contributed by atoms with Gasteiger partial charge in [-0.2, -0.15) is 0 Å². The molecular formula is C25H38O3. The van der Waals surface area contributed by atoms with E-state index in [1.807, 2.05) is 13.8 Å². The first-order chi connectivity index (χ1) is 13.0. The van der Waals surface area contributed by atoms with E-state index in [0.29, 0.717) is 23.5 Å². The summed E-state index contributed by atoms with van der Waals surface area (Å²) >= 11 is 0. The van der Waals surface area contributed by atoms with Gasteiger partial charge in [-0.1, -0.05) is 53.7 Å². The molecule has 28 heavy (non-hydrogen) atoms. The zero-order valence-corrected chi connectivity index (χ0v) is 19.3. The first-order valence-corrected chi connectivity index (χ1v) is 10.3. The van der Waals surface area contributed by atoms with Crippen molar-refractivity contribution in [3.63, 3.8) is 0 Å². The molecule has 0 bridgehead atoms. The van der Waals surface area contributed by atoms with Gasteiger partial charge in [0.15, 0.2) is 0 Å². The third-order valence-corrected chi connectivity index (χ3v) is 4.94. The highest BCUT2D eigenvalue weighted by Crippen LogP contribution is 2.37. The smallest absolute Gasteiger partial charge is 0.308 e. The minimum absolute atomic E-state index is 0.0959. The van der Waals surface area contributed by atoms with Gasteiger partial charge in [-0.25, -0.2) is 0 Å². The molecule has 3 heteroatoms. The zero-order valence-electron chi connectivity index (χ0n) is 19.3. The lowest BCUT2D eigenvalue weighted by Crippen LogP contribution is -2.10. The number of esters is 1. The highest BCUT2D eigenvalue weighted by molar-refractivity contribution is 5.68. The molecule has 3 nitrogen and oxygen atoms in total. The van der Waals surface area contributed by atoms with Gasteiger partial charge in [0.2, 0.25) is 0 Å². The summed E-state index contributed by atoms with van der Waals surface area (Å²) in [4.78, 5) is 11.3. The Morgan fingerprint density at radius 2 is 1.39 bits per heavy atom. The first kappa shape index (κ1) is 24.0. The van der Waals surface area contributed by atoms with Crippen LogP contribution in [0.4, 0.5) is 0 Å². The molecule has 0 aromatic heterocycles. The second-order valence-corrected chi connectivity index (χ2v) is 8.40. The summed E-state index contributed by atoms with van der Waals surface area (Å²) in [7, 11) is 0. The highest BCUT2D eigenvalue weighted by Gasteiger charge is 2.22. The number of hydrogen-bond donors (Lipinski definition) is 0. The summed E-state index contributed by atoms with van der Waals surface area (Å²) in [5.74, 6) is 1.51. The average Bonchev–Trinajstić information content (AvgIpc) is 2.62. The van der Waals surface area contributed by atoms with Crippen LogP contribution in [0.15, 0.2) is 35.8 Å². The Labute approximate surface area is 171 Å². The molecule has 0 heterocycles. The average molecular weight is 387 g/mol. The fourth-order valence-corrected chi connectivity index (χ4v) is 3.33. The van der Waals surface area contributed by atoms with Crippen LogP contribution in [0.2, 0.25) is 0 Å². The minimum atomic E-state index is -0.331. The Balaban J connectivity index is 3.34. The van der Waals surface area contributed by atoms with Crippen molar-refractivity contribution in [2.75, 3.05) is 0 Å². The van der Waals surface area contributed by atoms with E-state index >= 15 is 0 Å². The Morgan fingerprint density at radius 3 is 1.75 bits per heavy atom. The lowest BCUT2D eigenvalue weighted by molar-refractivity contribution is -0.136. The molecular weight excluding hydrogens is 348 g/mol. The van der Waals surface area contributed by atoms with Gasteiger partial charge in [-0.05, 0) is 66.9 Å². The normalized spacial score (nSPS) is 14.0. The Morgan fingerprint density at radius 1 is 0.893 bits per heavy atom. The van der Waals surface area contributed by atoms with Gasteiger partial charge in [0.25, 0.3) is 0 Å². The second kappa shape index (κ2) is 10.5. The number of ether oxygens (including phenoxy) is 2. The van der Waals surface area contributed by atoms with Gasteiger partial charge in [0, 0.05) is 12.5 Å². The summed E-state index contributed by atoms with van der Waals surface area (Å²) < 4.78 is 11.4. The molecule has 0 aliphatic rings. The number of benzene rings is 1. The Kier molecular flexibility index (Phi) is 9.00. The SMILES string of the molecule is C/C=C(OC(C)=O)/C(C)=C/O[C@@H](C)c1c(C(C)C)cc(C(C)C)cc1C(C)C. The second-order valence-electron chi connectivity index (χ2n) is 8.40. The number of carbonyl (C=O) groups excluding carboxylic acids is 1. The van der Waals surface area contributed by atoms with Crippen LogP contribution >= 0.6 is 0 Å². The summed E-state index contributed by atoms with van der Waals surface area (Å²) in [6.07, 6.45) is 3.38. The van der Waals surface area contributed by atoms with E-state index in [0.717, 1.165) is 5.57 Å². The van der Waals surface area contributed by atoms with Crippen LogP contribution in [0.25, 0.3) is 0 Å². The Hall–Kier alpha value is -2.03. The van der Waals surface area contributed by atoms with Crippen LogP contribution < -0.4 is 0 Å². The van der Waals surface area contributed by atoms with Gasteiger partial charge < -0.3 is 9.47 Å². The summed E-state index contributed by atoms with van der Waals surface area (Å²) in [5, 5.41) is 0. The molecule has 1 aromatic carbocycles. The molecule has 0 saturated heterocycles. The van der Waals surface area contributed by atoms with Crippen LogP contribution in [0.3, 0.4) is 0 Å². The quantitative estimate of drug-likeness (QED) is 0.263. The molecule has 1 rings (SSSR count). The fourth-order valence-electron chi connectivity index (χ4n) is 3.33. The molecule has 0 fully saturated rings. The van der Waals surface area contributed by atoms with E-state index in [2.05, 4.69) is 60.6 Å². The van der Waals surface area contributed by atoms with Gasteiger partial charge in [-0.3, -0.25) is 4.79 Å². The van der Waals surface area contributed by atoms with Gasteiger partial charge in [0.05, 0.1) is 6.26 Å². The van der Waals surface area contributed by atoms with Crippen LogP contribution in [0.5, 0.6) is 0 Å². The van der Waals surface area contributed by atoms with Crippen molar-refractivity contribution < 1.29 is 14.3 Å². The topological polar surface area (TPSA) is 35.5 Å². The van der Waals surface area contributed by atoms with Crippen molar-refractivity contribution in [1.82, 2.24) is 0 Å². The fraction of sp³-hybridized carbons (Fsp3) is 0.560. The third-order valence-electron chi connectivity index (χ3n) is 4.94. The summed E-state index contributed by atoms with van der Waals surface area (Å²) in [6, 6.07) is 4.67. The van der Waals surface area contributed by atoms with Crippen LogP contribution in [0, 0.1) is 0 Å². The molecule has 0 aliphatic heterocycles. The molecule has 0 radical (unpaired) electrons. The molecule has 0 saturated carbocycles. The monoisotopic (exact) mass is 386 g/mol. The molecule has 0 aliphatic carbocycles. The van der Waals surface area contributed by atoms with Crippen LogP contribution in [-0.4, -0.2) is 5.97 Å². The van der Waals surface area contributed by atoms with Crippen molar-refractivity contribution in [3.05, 3.63) is 58.1 Å². The van der Waals surface area contributed by atoms with E-state index in [1.165, 1.54) is 29.2 Å². The van der Waals surface area contributed by atoms with Crippen LogP contribution in [0.1, 0.15) is 115 Å². The lowest BCUT2D eigenvalue weighted by atomic mass is 9.82. The van der Waals surface area contributed by atoms with Crippen molar-refractivity contribution in [2.24, 2.45) is 0 Å². The van der Waals surface area contributed by atoms with Crippen molar-refractivity contribution in [2.45, 2.75) is 93.1 Å². The van der Waals surface area contributed by atoms with E-state index in [9.17, 15) is 4.79 Å². The zero-order chi connectivity index (χ0) is 21.6. The number of hydrogen-bond acceptors (Lipinski definition) is 3. The van der Waals surface area contributed by atoms with Crippen molar-refractivity contribution in [1.29, 1.82) is 0 Å². The predicted molar refractivity (Wildman–Crippen MR) is 117 cm³/mol. The van der Waals surface area contributed by atoms with Crippen molar-refractivity contribution in [3.8, 4) is 0 Å². The van der Waals surface area contributed by atoms with E-state index < -0.39 is 0 Å². The first-order valence-electron chi connectivity index (χ1n) is 10.3. The van der Waals surface area contributed by atoms with E-state index in [4.69, 9.17) is 9.47 Å². The maximum absolute atomic E-state index is 11.3. The largest absolute Gasteiger partial charge is 0.493 e. The molecule has 0 spiro atoms. The summed E-state index contributed by atoms with van der Waals surface area (Å²) in [5.41, 5.74) is 6.13. The molecule has 0 unspecified atom stereocenters. The minimum Gasteiger partial charge on any atom is -0.493 e. The van der Waals surface area contributed by atoms with E-state index in [-0.39, 0.29) is 12.1 Å². The van der Waals surface area contributed by atoms with Gasteiger partial charge >= 0.3 is 5.97 Å². The van der Waals surface area contributed by atoms with Crippen molar-refractivity contribution >= 4 is 5.97 Å². The van der Waals surface area contributed by atoms with Gasteiger partial charge in [-0.15, -0.1) is 0 Å². The van der Waals surface area contributed by atoms with Gasteiger partial charge in [0.1, 0.15) is 11.9 Å². The molecule has 0 N–H and O–H groups in total. The summed E-state index contributed by atoms with van der Waals surface area (Å²) in [6.45, 7) is 20.6. The predicted octanol–water partition coefficient (Wildman–Crippen LogP) is 7.51. The third kappa shape index (κ3) is 6.25. The standard InChI is InChI=1S/C25H38O3/c1-11-24(28-20(10)26)18(8)14-27-19(9)25-22(16(4)5)12-21(15(2)3)13-23(25)17(6)7/h11-17,19H,1-10H3/b18-14+,24-11-/t19-/m0/s1. The molecule has 1 atom stereocenters. The molecule has 156 valence electrons. The number of carbonyl (C=O) groups is 1.